The number of nitrogens with zero attached hydrogens (tertiary/aromatic N) is 3. The fourth-order valence-electron chi connectivity index (χ4n) is 3.44. The van der Waals surface area contributed by atoms with E-state index in [0.29, 0.717) is 31.7 Å². The smallest absolute Gasteiger partial charge is 0.356 e. The number of carbonyl (C=O) groups is 1. The number of alkyl halides is 5. The molecule has 144 valence electrons. The van der Waals surface area contributed by atoms with Crippen LogP contribution in [-0.2, 0) is 11.0 Å². The molecule has 3 heterocycles. The van der Waals surface area contributed by atoms with Gasteiger partial charge in [0.1, 0.15) is 5.82 Å². The highest BCUT2D eigenvalue weighted by atomic mass is 19.4. The molecular formula is C17H20F5N3O. The first kappa shape index (κ1) is 18.8. The Morgan fingerprint density at radius 1 is 1.15 bits per heavy atom. The van der Waals surface area contributed by atoms with Crippen LogP contribution in [0.2, 0.25) is 0 Å². The number of carbonyl (C=O) groups excluding carboxylic acids is 1. The molecule has 2 fully saturated rings. The minimum absolute atomic E-state index is 0.0425. The van der Waals surface area contributed by atoms with Crippen LogP contribution in [0, 0.1) is 5.92 Å². The number of hydrogen-bond acceptors (Lipinski definition) is 3. The van der Waals surface area contributed by atoms with Crippen molar-refractivity contribution < 1.29 is 26.7 Å². The van der Waals surface area contributed by atoms with Gasteiger partial charge in [-0.05, 0) is 25.0 Å². The first-order valence-electron chi connectivity index (χ1n) is 8.60. The van der Waals surface area contributed by atoms with Gasteiger partial charge in [-0.1, -0.05) is 0 Å². The molecule has 0 aliphatic carbocycles. The van der Waals surface area contributed by atoms with Crippen molar-refractivity contribution in [2.24, 2.45) is 5.92 Å². The number of piperidine rings is 2. The number of aromatic nitrogens is 1. The molecule has 0 bridgehead atoms. The van der Waals surface area contributed by atoms with Gasteiger partial charge in [0.25, 0.3) is 5.92 Å². The van der Waals surface area contributed by atoms with Crippen LogP contribution < -0.4 is 4.90 Å². The Hall–Kier alpha value is -1.93. The van der Waals surface area contributed by atoms with Crippen LogP contribution >= 0.6 is 0 Å². The van der Waals surface area contributed by atoms with E-state index in [-0.39, 0.29) is 37.8 Å². The van der Waals surface area contributed by atoms with Gasteiger partial charge < -0.3 is 9.80 Å². The lowest BCUT2D eigenvalue weighted by atomic mass is 9.95. The molecule has 0 radical (unpaired) electrons. The van der Waals surface area contributed by atoms with E-state index in [1.165, 1.54) is 11.0 Å². The van der Waals surface area contributed by atoms with E-state index < -0.39 is 17.7 Å². The molecule has 1 aromatic rings. The Balaban J connectivity index is 1.63. The van der Waals surface area contributed by atoms with Gasteiger partial charge in [0, 0.05) is 45.2 Å². The van der Waals surface area contributed by atoms with Gasteiger partial charge in [-0.3, -0.25) is 4.79 Å². The van der Waals surface area contributed by atoms with Crippen molar-refractivity contribution in [2.45, 2.75) is 37.8 Å². The van der Waals surface area contributed by atoms with Gasteiger partial charge in [0.2, 0.25) is 5.91 Å². The van der Waals surface area contributed by atoms with Gasteiger partial charge in [0.15, 0.2) is 0 Å². The summed E-state index contributed by atoms with van der Waals surface area (Å²) in [7, 11) is 0. The van der Waals surface area contributed by atoms with Gasteiger partial charge in [-0.2, -0.15) is 13.2 Å². The average molecular weight is 377 g/mol. The Bertz CT molecular complexity index is 637. The lowest BCUT2D eigenvalue weighted by Gasteiger charge is -2.38. The number of halogens is 5. The van der Waals surface area contributed by atoms with Crippen molar-refractivity contribution in [3.05, 3.63) is 23.9 Å². The number of amides is 1. The van der Waals surface area contributed by atoms with Gasteiger partial charge >= 0.3 is 6.18 Å². The fourth-order valence-corrected chi connectivity index (χ4v) is 3.44. The third-order valence-electron chi connectivity index (χ3n) is 4.98. The summed E-state index contributed by atoms with van der Waals surface area (Å²) in [5, 5.41) is 0. The lowest BCUT2D eigenvalue weighted by molar-refractivity contribution is -0.142. The largest absolute Gasteiger partial charge is 0.417 e. The molecule has 3 rings (SSSR count). The Kier molecular flexibility index (Phi) is 5.07. The summed E-state index contributed by atoms with van der Waals surface area (Å²) in [4.78, 5) is 19.7. The fraction of sp³-hybridized carbons (Fsp3) is 0.647. The average Bonchev–Trinajstić information content (AvgIpc) is 2.61. The lowest BCUT2D eigenvalue weighted by Crippen LogP contribution is -2.49. The molecule has 0 N–H and O–H groups in total. The molecular weight excluding hydrogens is 357 g/mol. The quantitative estimate of drug-likeness (QED) is 0.740. The van der Waals surface area contributed by atoms with Crippen LogP contribution in [0.3, 0.4) is 0 Å². The molecule has 2 aliphatic rings. The molecule has 9 heteroatoms. The van der Waals surface area contributed by atoms with E-state index in [0.717, 1.165) is 12.3 Å². The van der Waals surface area contributed by atoms with Crippen molar-refractivity contribution in [3.8, 4) is 0 Å². The number of rotatable bonds is 2. The summed E-state index contributed by atoms with van der Waals surface area (Å²) < 4.78 is 64.4. The minimum atomic E-state index is -4.44. The van der Waals surface area contributed by atoms with Crippen molar-refractivity contribution in [3.63, 3.8) is 0 Å². The molecule has 0 spiro atoms. The minimum Gasteiger partial charge on any atom is -0.356 e. The number of likely N-dealkylation sites (tertiary alicyclic amines) is 1. The Labute approximate surface area is 148 Å². The Morgan fingerprint density at radius 2 is 1.85 bits per heavy atom. The maximum atomic E-state index is 13.2. The first-order chi connectivity index (χ1) is 12.2. The number of hydrogen-bond donors (Lipinski definition) is 0. The summed E-state index contributed by atoms with van der Waals surface area (Å²) in [6, 6.07) is 2.28. The molecule has 1 unspecified atom stereocenters. The zero-order chi connectivity index (χ0) is 18.9. The maximum Gasteiger partial charge on any atom is 0.417 e. The molecule has 0 aromatic carbocycles. The van der Waals surface area contributed by atoms with E-state index in [1.807, 2.05) is 0 Å². The zero-order valence-corrected chi connectivity index (χ0v) is 14.1. The molecule has 2 aliphatic heterocycles. The first-order valence-corrected chi connectivity index (χ1v) is 8.60. The molecule has 2 saturated heterocycles. The van der Waals surface area contributed by atoms with Gasteiger partial charge in [0.05, 0.1) is 11.5 Å². The standard InChI is InChI=1S/C17H20F5N3O/c18-16(19)5-8-24(9-6-16)15(26)12-2-1-7-25(11-12)14-4-3-13(10-23-14)17(20,21)22/h3-4,10,12H,1-2,5-9,11H2. The highest BCUT2D eigenvalue weighted by Crippen LogP contribution is 2.32. The molecule has 1 amide bonds. The van der Waals surface area contributed by atoms with Crippen LogP contribution in [0.1, 0.15) is 31.2 Å². The monoisotopic (exact) mass is 377 g/mol. The van der Waals surface area contributed by atoms with Crippen LogP contribution in [0.25, 0.3) is 0 Å². The molecule has 1 aromatic heterocycles. The van der Waals surface area contributed by atoms with Gasteiger partial charge in [-0.15, -0.1) is 0 Å². The Morgan fingerprint density at radius 3 is 2.42 bits per heavy atom. The highest BCUT2D eigenvalue weighted by Gasteiger charge is 2.38. The third kappa shape index (κ3) is 4.24. The maximum absolute atomic E-state index is 13.2. The third-order valence-corrected chi connectivity index (χ3v) is 4.98. The van der Waals surface area contributed by atoms with E-state index in [9.17, 15) is 26.7 Å². The van der Waals surface area contributed by atoms with E-state index in [4.69, 9.17) is 0 Å². The second-order valence-electron chi connectivity index (χ2n) is 6.87. The molecule has 1 atom stereocenters. The SMILES string of the molecule is O=C(C1CCCN(c2ccc(C(F)(F)F)cn2)C1)N1CCC(F)(F)CC1. The molecule has 0 saturated carbocycles. The summed E-state index contributed by atoms with van der Waals surface area (Å²) in [5.41, 5.74) is -0.819. The van der Waals surface area contributed by atoms with Crippen molar-refractivity contribution in [1.29, 1.82) is 0 Å². The van der Waals surface area contributed by atoms with Crippen LogP contribution in [0.4, 0.5) is 27.8 Å². The predicted molar refractivity (Wildman–Crippen MR) is 84.9 cm³/mol. The second kappa shape index (κ2) is 7.00. The van der Waals surface area contributed by atoms with E-state index >= 15 is 0 Å². The van der Waals surface area contributed by atoms with Crippen molar-refractivity contribution in [2.75, 3.05) is 31.1 Å². The second-order valence-corrected chi connectivity index (χ2v) is 6.87. The topological polar surface area (TPSA) is 36.4 Å². The summed E-state index contributed by atoms with van der Waals surface area (Å²) in [5.74, 6) is -2.82. The summed E-state index contributed by atoms with van der Waals surface area (Å²) in [6.45, 7) is 1.02. The highest BCUT2D eigenvalue weighted by molar-refractivity contribution is 5.80. The molecule has 4 nitrogen and oxygen atoms in total. The number of anilines is 1. The van der Waals surface area contributed by atoms with E-state index in [1.54, 1.807) is 4.90 Å². The van der Waals surface area contributed by atoms with Gasteiger partial charge in [-0.25, -0.2) is 13.8 Å². The van der Waals surface area contributed by atoms with Crippen LogP contribution in [0.5, 0.6) is 0 Å². The molecule has 26 heavy (non-hydrogen) atoms. The van der Waals surface area contributed by atoms with Crippen LogP contribution in [0.15, 0.2) is 18.3 Å². The predicted octanol–water partition coefficient (Wildman–Crippen LogP) is 3.57. The number of pyridine rings is 1. The zero-order valence-electron chi connectivity index (χ0n) is 14.1. The van der Waals surface area contributed by atoms with Crippen LogP contribution in [-0.4, -0.2) is 47.9 Å². The normalized spacial score (nSPS) is 23.8. The summed E-state index contributed by atoms with van der Waals surface area (Å²) >= 11 is 0. The van der Waals surface area contributed by atoms with E-state index in [2.05, 4.69) is 4.98 Å². The van der Waals surface area contributed by atoms with Crippen molar-refractivity contribution >= 4 is 11.7 Å². The summed E-state index contributed by atoms with van der Waals surface area (Å²) in [6.07, 6.45) is -2.97. The van der Waals surface area contributed by atoms with Crippen molar-refractivity contribution in [1.82, 2.24) is 9.88 Å².